The van der Waals surface area contributed by atoms with Crippen molar-refractivity contribution in [3.05, 3.63) is 17.5 Å². The molecule has 0 saturated heterocycles. The van der Waals surface area contributed by atoms with E-state index in [-0.39, 0.29) is 11.8 Å². The van der Waals surface area contributed by atoms with Gasteiger partial charge in [0.15, 0.2) is 0 Å². The molecule has 14 heavy (non-hydrogen) atoms. The number of carbonyl (C=O) groups excluding carboxylic acids is 1. The molecule has 0 radical (unpaired) electrons. The summed E-state index contributed by atoms with van der Waals surface area (Å²) in [6, 6.07) is 1.89. The van der Waals surface area contributed by atoms with E-state index in [1.54, 1.807) is 0 Å². The average molecular weight is 216 g/mol. The summed E-state index contributed by atoms with van der Waals surface area (Å²) in [6.45, 7) is 2.54. The second kappa shape index (κ2) is 4.57. The molecule has 0 fully saturated rings. The minimum atomic E-state index is -0.184. The number of hydrogen-bond acceptors (Lipinski definition) is 3. The number of alkyl halides is 1. The highest BCUT2D eigenvalue weighted by Crippen LogP contribution is 2.06. The van der Waals surface area contributed by atoms with Gasteiger partial charge in [0.2, 0.25) is 0 Å². The number of carbonyl (C=O) groups is 1. The first-order chi connectivity index (χ1) is 6.54. The second-order valence-corrected chi connectivity index (χ2v) is 3.72. The predicted molar refractivity (Wildman–Crippen MR) is 55.7 cm³/mol. The van der Waals surface area contributed by atoms with Crippen molar-refractivity contribution in [1.29, 1.82) is 0 Å². The van der Waals surface area contributed by atoms with Gasteiger partial charge in [-0.1, -0.05) is 0 Å². The van der Waals surface area contributed by atoms with Crippen LogP contribution in [0.25, 0.3) is 0 Å². The van der Waals surface area contributed by atoms with Gasteiger partial charge in [0.1, 0.15) is 5.88 Å². The fraction of sp³-hybridized carbons (Fsp3) is 0.556. The van der Waals surface area contributed by atoms with Gasteiger partial charge in [0.05, 0.1) is 11.4 Å². The standard InChI is InChI=1S/C9H14ClN3O/c1-7-4-8(6-12(2)3)13(11-7)9(14)5-10/h4H,5-6H2,1-3H3. The summed E-state index contributed by atoms with van der Waals surface area (Å²) in [6.07, 6.45) is 0. The lowest BCUT2D eigenvalue weighted by Gasteiger charge is -2.09. The molecule has 4 nitrogen and oxygen atoms in total. The topological polar surface area (TPSA) is 38.1 Å². The Balaban J connectivity index is 2.96. The Morgan fingerprint density at radius 1 is 1.64 bits per heavy atom. The lowest BCUT2D eigenvalue weighted by Crippen LogP contribution is -2.21. The highest BCUT2D eigenvalue weighted by molar-refractivity contribution is 6.27. The molecule has 1 rings (SSSR count). The molecule has 0 bridgehead atoms. The van der Waals surface area contributed by atoms with Crippen LogP contribution in [0, 0.1) is 6.92 Å². The molecule has 1 heterocycles. The van der Waals surface area contributed by atoms with Gasteiger partial charge in [-0.05, 0) is 27.1 Å². The smallest absolute Gasteiger partial charge is 0.262 e. The van der Waals surface area contributed by atoms with Crippen LogP contribution in [0.1, 0.15) is 16.2 Å². The van der Waals surface area contributed by atoms with Crippen molar-refractivity contribution in [1.82, 2.24) is 14.7 Å². The number of rotatable bonds is 3. The van der Waals surface area contributed by atoms with E-state index in [0.717, 1.165) is 11.4 Å². The third kappa shape index (κ3) is 2.56. The van der Waals surface area contributed by atoms with Crippen LogP contribution in [0.3, 0.4) is 0 Å². The van der Waals surface area contributed by atoms with Crippen LogP contribution in [0.2, 0.25) is 0 Å². The second-order valence-electron chi connectivity index (χ2n) is 3.45. The molecular weight excluding hydrogens is 202 g/mol. The Morgan fingerprint density at radius 3 is 2.79 bits per heavy atom. The van der Waals surface area contributed by atoms with Crippen LogP contribution in [0.5, 0.6) is 0 Å². The molecule has 0 aliphatic heterocycles. The van der Waals surface area contributed by atoms with Crippen molar-refractivity contribution in [3.63, 3.8) is 0 Å². The monoisotopic (exact) mass is 215 g/mol. The van der Waals surface area contributed by atoms with Crippen LogP contribution in [-0.2, 0) is 6.54 Å². The third-order valence-corrected chi connectivity index (χ3v) is 1.96. The van der Waals surface area contributed by atoms with E-state index in [2.05, 4.69) is 5.10 Å². The van der Waals surface area contributed by atoms with E-state index >= 15 is 0 Å². The van der Waals surface area contributed by atoms with Crippen LogP contribution >= 0.6 is 11.6 Å². The van der Waals surface area contributed by atoms with Crippen molar-refractivity contribution in [2.75, 3.05) is 20.0 Å². The summed E-state index contributed by atoms with van der Waals surface area (Å²) in [4.78, 5) is 13.4. The highest BCUT2D eigenvalue weighted by atomic mass is 35.5. The molecule has 0 aliphatic rings. The quantitative estimate of drug-likeness (QED) is 0.710. The van der Waals surface area contributed by atoms with E-state index in [4.69, 9.17) is 11.6 Å². The maximum atomic E-state index is 11.4. The fourth-order valence-corrected chi connectivity index (χ4v) is 1.38. The average Bonchev–Trinajstić information content (AvgIpc) is 2.44. The first-order valence-corrected chi connectivity index (χ1v) is 4.87. The zero-order valence-corrected chi connectivity index (χ0v) is 9.38. The van der Waals surface area contributed by atoms with E-state index in [9.17, 15) is 4.79 Å². The Labute approximate surface area is 88.5 Å². The molecule has 5 heteroatoms. The van der Waals surface area contributed by atoms with Crippen molar-refractivity contribution >= 4 is 17.5 Å². The summed E-state index contributed by atoms with van der Waals surface area (Å²) in [5.74, 6) is -0.224. The van der Waals surface area contributed by atoms with Gasteiger partial charge >= 0.3 is 0 Å². The number of halogens is 1. The van der Waals surface area contributed by atoms with Crippen LogP contribution in [-0.4, -0.2) is 40.6 Å². The zero-order valence-electron chi connectivity index (χ0n) is 8.62. The van der Waals surface area contributed by atoms with E-state index in [1.807, 2.05) is 32.0 Å². The molecule has 1 aromatic rings. The summed E-state index contributed by atoms with van der Waals surface area (Å²) in [5, 5.41) is 4.09. The van der Waals surface area contributed by atoms with Crippen LogP contribution in [0.15, 0.2) is 6.07 Å². The molecule has 0 atom stereocenters. The van der Waals surface area contributed by atoms with Gasteiger partial charge in [-0.2, -0.15) is 5.10 Å². The minimum Gasteiger partial charge on any atom is -0.304 e. The highest BCUT2D eigenvalue weighted by Gasteiger charge is 2.11. The number of hydrogen-bond donors (Lipinski definition) is 0. The van der Waals surface area contributed by atoms with Crippen LogP contribution in [0.4, 0.5) is 0 Å². The fourth-order valence-electron chi connectivity index (χ4n) is 1.26. The Bertz CT molecular complexity index is 333. The molecule has 0 spiro atoms. The number of aromatic nitrogens is 2. The molecule has 0 amide bonds. The SMILES string of the molecule is Cc1cc(CN(C)C)n(C(=O)CCl)n1. The molecule has 78 valence electrons. The van der Waals surface area contributed by atoms with Gasteiger partial charge in [0, 0.05) is 6.54 Å². The van der Waals surface area contributed by atoms with E-state index in [1.165, 1.54) is 4.68 Å². The molecule has 0 saturated carbocycles. The van der Waals surface area contributed by atoms with Crippen molar-refractivity contribution in [2.45, 2.75) is 13.5 Å². The van der Waals surface area contributed by atoms with Crippen LogP contribution < -0.4 is 0 Å². The molecule has 0 N–H and O–H groups in total. The lowest BCUT2D eigenvalue weighted by molar-refractivity contribution is 0.0918. The molecule has 1 aromatic heterocycles. The summed E-state index contributed by atoms with van der Waals surface area (Å²) in [7, 11) is 3.88. The summed E-state index contributed by atoms with van der Waals surface area (Å²) in [5.41, 5.74) is 1.71. The van der Waals surface area contributed by atoms with E-state index < -0.39 is 0 Å². The normalized spacial score (nSPS) is 10.9. The predicted octanol–water partition coefficient (Wildman–Crippen LogP) is 1.13. The summed E-state index contributed by atoms with van der Waals surface area (Å²) >= 11 is 5.48. The zero-order chi connectivity index (χ0) is 10.7. The lowest BCUT2D eigenvalue weighted by atomic mass is 10.3. The molecule has 0 aliphatic carbocycles. The maximum Gasteiger partial charge on any atom is 0.262 e. The van der Waals surface area contributed by atoms with Gasteiger partial charge in [-0.25, -0.2) is 4.68 Å². The van der Waals surface area contributed by atoms with E-state index in [0.29, 0.717) is 6.54 Å². The number of nitrogens with zero attached hydrogens (tertiary/aromatic N) is 3. The summed E-state index contributed by atoms with van der Waals surface area (Å²) < 4.78 is 1.38. The van der Waals surface area contributed by atoms with Gasteiger partial charge in [-0.15, -0.1) is 11.6 Å². The Morgan fingerprint density at radius 2 is 2.29 bits per heavy atom. The maximum absolute atomic E-state index is 11.4. The molecule has 0 aromatic carbocycles. The van der Waals surface area contributed by atoms with Gasteiger partial charge in [-0.3, -0.25) is 4.79 Å². The molecule has 0 unspecified atom stereocenters. The Kier molecular flexibility index (Phi) is 3.66. The van der Waals surface area contributed by atoms with Gasteiger partial charge in [0.25, 0.3) is 5.91 Å². The van der Waals surface area contributed by atoms with Crippen molar-refractivity contribution in [3.8, 4) is 0 Å². The Hall–Kier alpha value is -0.870. The third-order valence-electron chi connectivity index (χ3n) is 1.73. The van der Waals surface area contributed by atoms with Crippen molar-refractivity contribution < 1.29 is 4.79 Å². The first kappa shape index (κ1) is 11.2. The van der Waals surface area contributed by atoms with Gasteiger partial charge < -0.3 is 4.90 Å². The first-order valence-electron chi connectivity index (χ1n) is 4.34. The molecular formula is C9H14ClN3O. The number of aryl methyl sites for hydroxylation is 1. The largest absolute Gasteiger partial charge is 0.304 e. The van der Waals surface area contributed by atoms with Crippen molar-refractivity contribution in [2.24, 2.45) is 0 Å². The minimum absolute atomic E-state index is 0.0401.